The van der Waals surface area contributed by atoms with E-state index < -0.39 is 23.8 Å². The minimum absolute atomic E-state index is 0.0516. The van der Waals surface area contributed by atoms with Crippen LogP contribution in [0.15, 0.2) is 36.9 Å². The van der Waals surface area contributed by atoms with Crippen LogP contribution < -0.4 is 10.2 Å². The highest BCUT2D eigenvalue weighted by Crippen LogP contribution is 2.33. The number of nitrogens with one attached hydrogen (secondary N) is 1. The second-order valence-electron chi connectivity index (χ2n) is 8.28. The number of fused-ring (bicyclic) bond motifs is 3. The highest BCUT2D eigenvalue weighted by molar-refractivity contribution is 6.02. The number of aromatic nitrogens is 5. The predicted octanol–water partition coefficient (Wildman–Crippen LogP) is 4.06. The Morgan fingerprint density at radius 1 is 1.23 bits per heavy atom. The van der Waals surface area contributed by atoms with Crippen molar-refractivity contribution < 1.29 is 22.7 Å². The number of amides is 1. The van der Waals surface area contributed by atoms with Crippen LogP contribution in [-0.2, 0) is 9.53 Å². The van der Waals surface area contributed by atoms with Crippen LogP contribution in [0, 0.1) is 5.82 Å². The van der Waals surface area contributed by atoms with E-state index in [9.17, 15) is 18.0 Å². The van der Waals surface area contributed by atoms with Gasteiger partial charge < -0.3 is 15.0 Å². The van der Waals surface area contributed by atoms with Crippen molar-refractivity contribution in [2.75, 3.05) is 23.4 Å². The van der Waals surface area contributed by atoms with Crippen molar-refractivity contribution in [2.24, 2.45) is 0 Å². The van der Waals surface area contributed by atoms with Crippen molar-refractivity contribution in [1.29, 1.82) is 0 Å². The van der Waals surface area contributed by atoms with E-state index in [1.807, 2.05) is 6.92 Å². The summed E-state index contributed by atoms with van der Waals surface area (Å²) in [7, 11) is 0. The summed E-state index contributed by atoms with van der Waals surface area (Å²) in [4.78, 5) is 23.0. The summed E-state index contributed by atoms with van der Waals surface area (Å²) >= 11 is 0. The molecule has 1 aliphatic heterocycles. The van der Waals surface area contributed by atoms with Gasteiger partial charge in [0.2, 0.25) is 0 Å². The van der Waals surface area contributed by atoms with E-state index in [0.29, 0.717) is 34.7 Å². The quantitative estimate of drug-likeness (QED) is 0.440. The van der Waals surface area contributed by atoms with E-state index in [2.05, 4.69) is 25.5 Å². The zero-order valence-electron chi connectivity index (χ0n) is 19.0. The standard InChI is InChI=1S/C23H22F3N7O2/c1-3-13-8-32(18(34)9-35-13)17-7-16-21(27-10-28-22(16)33-11-29-31-23(17)33)30-12(2)14-5-4-6-15(19(14)24)20(25)26/h4-7,10-13,20H,3,8-9H2,1-2H3,(H,27,28,30)/t12-,13-/m1/s1. The van der Waals surface area contributed by atoms with Crippen LogP contribution in [0.5, 0.6) is 0 Å². The van der Waals surface area contributed by atoms with Crippen molar-refractivity contribution in [2.45, 2.75) is 38.8 Å². The Morgan fingerprint density at radius 2 is 2.03 bits per heavy atom. The lowest BCUT2D eigenvalue weighted by atomic mass is 10.0. The first-order chi connectivity index (χ1) is 16.9. The van der Waals surface area contributed by atoms with Crippen LogP contribution in [-0.4, -0.2) is 49.7 Å². The number of ether oxygens (including phenoxy) is 1. The largest absolute Gasteiger partial charge is 0.367 e. The number of halogens is 3. The summed E-state index contributed by atoms with van der Waals surface area (Å²) in [6.07, 6.45) is 0.493. The fourth-order valence-electron chi connectivity index (χ4n) is 4.25. The molecule has 5 rings (SSSR count). The molecule has 182 valence electrons. The Hall–Kier alpha value is -3.80. The molecule has 4 aromatic rings. The second kappa shape index (κ2) is 9.10. The Morgan fingerprint density at radius 3 is 2.80 bits per heavy atom. The number of carbonyl (C=O) groups excluding carboxylic acids is 1. The van der Waals surface area contributed by atoms with Gasteiger partial charge in [0.1, 0.15) is 30.9 Å². The first-order valence-corrected chi connectivity index (χ1v) is 11.1. The summed E-state index contributed by atoms with van der Waals surface area (Å²) in [5.41, 5.74) is 0.838. The van der Waals surface area contributed by atoms with Crippen LogP contribution in [0.4, 0.5) is 24.7 Å². The molecule has 4 heterocycles. The molecule has 0 bridgehead atoms. The average molecular weight is 485 g/mol. The molecule has 0 aliphatic carbocycles. The second-order valence-corrected chi connectivity index (χ2v) is 8.28. The van der Waals surface area contributed by atoms with Crippen molar-refractivity contribution in [1.82, 2.24) is 24.6 Å². The molecule has 12 heteroatoms. The molecule has 1 saturated heterocycles. The van der Waals surface area contributed by atoms with Gasteiger partial charge in [-0.1, -0.05) is 25.1 Å². The number of nitrogens with zero attached hydrogens (tertiary/aromatic N) is 6. The fraction of sp³-hybridized carbons (Fsp3) is 0.348. The summed E-state index contributed by atoms with van der Waals surface area (Å²) in [6, 6.07) is 4.94. The lowest BCUT2D eigenvalue weighted by molar-refractivity contribution is -0.129. The van der Waals surface area contributed by atoms with E-state index in [1.54, 1.807) is 22.3 Å². The van der Waals surface area contributed by atoms with Crippen LogP contribution in [0.3, 0.4) is 0 Å². The molecule has 1 aliphatic rings. The summed E-state index contributed by atoms with van der Waals surface area (Å²) in [5.74, 6) is -0.842. The normalized spacial score (nSPS) is 17.5. The smallest absolute Gasteiger partial charge is 0.266 e. The molecule has 1 aromatic carbocycles. The van der Waals surface area contributed by atoms with E-state index >= 15 is 0 Å². The number of benzene rings is 1. The lowest BCUT2D eigenvalue weighted by Gasteiger charge is -2.32. The van der Waals surface area contributed by atoms with Gasteiger partial charge in [0, 0.05) is 5.56 Å². The zero-order chi connectivity index (χ0) is 24.7. The molecular formula is C23H22F3N7O2. The van der Waals surface area contributed by atoms with E-state index in [0.717, 1.165) is 12.5 Å². The number of hydrogen-bond donors (Lipinski definition) is 1. The number of anilines is 2. The highest BCUT2D eigenvalue weighted by Gasteiger charge is 2.29. The molecule has 0 spiro atoms. The Kier molecular flexibility index (Phi) is 5.97. The molecular weight excluding hydrogens is 463 g/mol. The van der Waals surface area contributed by atoms with E-state index in [4.69, 9.17) is 4.74 Å². The Balaban J connectivity index is 1.60. The minimum Gasteiger partial charge on any atom is -0.367 e. The SMILES string of the molecule is CC[C@@H]1CN(c2cc3c(N[C@H](C)c4cccc(C(F)F)c4F)ncnc3n3cnnc23)C(=O)CO1. The van der Waals surface area contributed by atoms with Gasteiger partial charge >= 0.3 is 0 Å². The van der Waals surface area contributed by atoms with E-state index in [1.165, 1.54) is 24.8 Å². The summed E-state index contributed by atoms with van der Waals surface area (Å²) in [6.45, 7) is 3.92. The average Bonchev–Trinajstić information content (AvgIpc) is 3.34. The van der Waals surface area contributed by atoms with Gasteiger partial charge in [0.05, 0.1) is 35.3 Å². The van der Waals surface area contributed by atoms with Gasteiger partial charge in [-0.3, -0.25) is 9.20 Å². The van der Waals surface area contributed by atoms with Crippen LogP contribution in [0.1, 0.15) is 43.9 Å². The third-order valence-corrected chi connectivity index (χ3v) is 6.14. The van der Waals surface area contributed by atoms with Gasteiger partial charge in [0.15, 0.2) is 11.3 Å². The molecule has 1 N–H and O–H groups in total. The third kappa shape index (κ3) is 4.03. The molecule has 1 fully saturated rings. The van der Waals surface area contributed by atoms with Gasteiger partial charge in [0.25, 0.3) is 12.3 Å². The number of carbonyl (C=O) groups is 1. The molecule has 2 atom stereocenters. The van der Waals surface area contributed by atoms with Crippen molar-refractivity contribution >= 4 is 34.1 Å². The molecule has 0 radical (unpaired) electrons. The summed E-state index contributed by atoms with van der Waals surface area (Å²) < 4.78 is 48.4. The molecule has 0 saturated carbocycles. The lowest BCUT2D eigenvalue weighted by Crippen LogP contribution is -2.46. The summed E-state index contributed by atoms with van der Waals surface area (Å²) in [5, 5.41) is 11.8. The molecule has 3 aromatic heterocycles. The Bertz CT molecular complexity index is 1410. The Labute approximate surface area is 197 Å². The van der Waals surface area contributed by atoms with Gasteiger partial charge in [-0.05, 0) is 19.4 Å². The van der Waals surface area contributed by atoms with Gasteiger partial charge in [-0.15, -0.1) is 10.2 Å². The highest BCUT2D eigenvalue weighted by atomic mass is 19.3. The predicted molar refractivity (Wildman–Crippen MR) is 122 cm³/mol. The van der Waals surface area contributed by atoms with Gasteiger partial charge in [-0.2, -0.15) is 0 Å². The van der Waals surface area contributed by atoms with Crippen LogP contribution >= 0.6 is 0 Å². The maximum Gasteiger partial charge on any atom is 0.266 e. The maximum absolute atomic E-state index is 14.7. The van der Waals surface area contributed by atoms with Gasteiger partial charge in [-0.25, -0.2) is 23.1 Å². The first kappa shape index (κ1) is 23.0. The van der Waals surface area contributed by atoms with E-state index in [-0.39, 0.29) is 24.2 Å². The zero-order valence-corrected chi connectivity index (χ0v) is 19.0. The number of alkyl halides is 2. The molecule has 0 unspecified atom stereocenters. The number of rotatable bonds is 6. The molecule has 9 nitrogen and oxygen atoms in total. The molecule has 1 amide bonds. The van der Waals surface area contributed by atoms with Crippen molar-refractivity contribution in [3.63, 3.8) is 0 Å². The first-order valence-electron chi connectivity index (χ1n) is 11.1. The fourth-order valence-corrected chi connectivity index (χ4v) is 4.25. The minimum atomic E-state index is -2.93. The third-order valence-electron chi connectivity index (χ3n) is 6.14. The topological polar surface area (TPSA) is 97.5 Å². The number of morpholine rings is 1. The van der Waals surface area contributed by atoms with Crippen LogP contribution in [0.25, 0.3) is 16.7 Å². The number of pyridine rings is 1. The monoisotopic (exact) mass is 485 g/mol. The van der Waals surface area contributed by atoms with Crippen molar-refractivity contribution in [3.8, 4) is 0 Å². The van der Waals surface area contributed by atoms with Crippen molar-refractivity contribution in [3.05, 3.63) is 53.9 Å². The number of hydrogen-bond acceptors (Lipinski definition) is 7. The van der Waals surface area contributed by atoms with Crippen LogP contribution in [0.2, 0.25) is 0 Å². The molecule has 35 heavy (non-hydrogen) atoms. The maximum atomic E-state index is 14.7.